The van der Waals surface area contributed by atoms with Gasteiger partial charge in [-0.3, -0.25) is 0 Å². The minimum atomic E-state index is -0.219. The Balaban J connectivity index is 1.76. The van der Waals surface area contributed by atoms with Crippen LogP contribution in [0.5, 0.6) is 0 Å². The van der Waals surface area contributed by atoms with E-state index in [4.69, 9.17) is 4.74 Å². The predicted octanol–water partition coefficient (Wildman–Crippen LogP) is 5.56. The molecule has 0 radical (unpaired) electrons. The summed E-state index contributed by atoms with van der Waals surface area (Å²) in [4.78, 5) is 12.3. The minimum Gasteiger partial charge on any atom is -0.455 e. The molecule has 4 unspecified atom stereocenters. The summed E-state index contributed by atoms with van der Waals surface area (Å²) in [6.07, 6.45) is 6.48. The molecule has 0 N–H and O–H groups in total. The number of rotatable bonds is 3. The fourth-order valence-corrected chi connectivity index (χ4v) is 4.34. The van der Waals surface area contributed by atoms with E-state index in [0.717, 1.165) is 12.8 Å². The highest BCUT2D eigenvalue weighted by Crippen LogP contribution is 2.53. The van der Waals surface area contributed by atoms with Crippen LogP contribution in [0.3, 0.4) is 0 Å². The number of hydrogen-bond acceptors (Lipinski definition) is 2. The average molecular weight is 324 g/mol. The molecule has 2 heteroatoms. The van der Waals surface area contributed by atoms with E-state index in [-0.39, 0.29) is 17.5 Å². The summed E-state index contributed by atoms with van der Waals surface area (Å²) in [5.41, 5.74) is 3.63. The monoisotopic (exact) mass is 324 g/mol. The van der Waals surface area contributed by atoms with E-state index in [0.29, 0.717) is 17.4 Å². The molecule has 1 aromatic carbocycles. The van der Waals surface area contributed by atoms with Gasteiger partial charge in [0, 0.05) is 0 Å². The van der Waals surface area contributed by atoms with Crippen LogP contribution in [0.15, 0.2) is 54.1 Å². The van der Waals surface area contributed by atoms with E-state index in [2.05, 4.69) is 33.4 Å². The molecular weight excluding hydrogens is 296 g/mol. The quantitative estimate of drug-likeness (QED) is 0.537. The first-order valence-electron chi connectivity index (χ1n) is 9.02. The van der Waals surface area contributed by atoms with Crippen LogP contribution in [-0.4, -0.2) is 12.1 Å². The molecule has 2 nitrogen and oxygen atoms in total. The van der Waals surface area contributed by atoms with Gasteiger partial charge in [-0.15, -0.1) is 0 Å². The summed E-state index contributed by atoms with van der Waals surface area (Å²) >= 11 is 0. The Labute approximate surface area is 145 Å². The van der Waals surface area contributed by atoms with Gasteiger partial charge >= 0.3 is 5.97 Å². The lowest BCUT2D eigenvalue weighted by Crippen LogP contribution is -2.40. The molecule has 1 saturated carbocycles. The van der Waals surface area contributed by atoms with Crippen LogP contribution in [0.1, 0.15) is 56.8 Å². The molecule has 24 heavy (non-hydrogen) atoms. The zero-order valence-electron chi connectivity index (χ0n) is 15.0. The fourth-order valence-electron chi connectivity index (χ4n) is 4.34. The Morgan fingerprint density at radius 3 is 2.67 bits per heavy atom. The lowest BCUT2D eigenvalue weighted by Gasteiger charge is -2.48. The summed E-state index contributed by atoms with van der Waals surface area (Å²) in [5, 5.41) is 0. The molecule has 4 atom stereocenters. The molecule has 3 rings (SSSR count). The second kappa shape index (κ2) is 6.58. The van der Waals surface area contributed by atoms with E-state index in [1.54, 1.807) is 0 Å². The summed E-state index contributed by atoms with van der Waals surface area (Å²) in [6, 6.07) is 9.27. The lowest BCUT2D eigenvalue weighted by molar-refractivity contribution is 0.0224. The summed E-state index contributed by atoms with van der Waals surface area (Å²) in [5.74, 6) is 0.912. The SMILES string of the molecule is C=C(C)C1CCC2=CC(OC(=O)c3ccccc3)CC(C)C2(C)C1. The van der Waals surface area contributed by atoms with E-state index >= 15 is 0 Å². The van der Waals surface area contributed by atoms with Crippen molar-refractivity contribution in [2.45, 2.75) is 52.6 Å². The highest BCUT2D eigenvalue weighted by Gasteiger charge is 2.44. The van der Waals surface area contributed by atoms with Gasteiger partial charge in [-0.2, -0.15) is 0 Å². The van der Waals surface area contributed by atoms with Crippen LogP contribution in [0.2, 0.25) is 0 Å². The summed E-state index contributed by atoms with van der Waals surface area (Å²) in [6.45, 7) is 11.0. The molecule has 1 fully saturated rings. The molecule has 1 aromatic rings. The van der Waals surface area contributed by atoms with E-state index in [1.807, 2.05) is 30.3 Å². The Kier molecular flexibility index (Phi) is 4.67. The van der Waals surface area contributed by atoms with Gasteiger partial charge in [-0.1, -0.05) is 49.8 Å². The number of ether oxygens (including phenoxy) is 1. The number of hydrogen-bond donors (Lipinski definition) is 0. The van der Waals surface area contributed by atoms with Crippen LogP contribution >= 0.6 is 0 Å². The van der Waals surface area contributed by atoms with Gasteiger partial charge in [0.05, 0.1) is 5.56 Å². The highest BCUT2D eigenvalue weighted by atomic mass is 16.5. The van der Waals surface area contributed by atoms with Gasteiger partial charge in [0.15, 0.2) is 0 Å². The lowest BCUT2D eigenvalue weighted by atomic mass is 9.57. The van der Waals surface area contributed by atoms with Crippen LogP contribution in [-0.2, 0) is 4.74 Å². The van der Waals surface area contributed by atoms with Crippen molar-refractivity contribution in [1.29, 1.82) is 0 Å². The third-order valence-corrected chi connectivity index (χ3v) is 6.19. The van der Waals surface area contributed by atoms with Crippen molar-refractivity contribution in [3.05, 3.63) is 59.7 Å². The second-order valence-corrected chi connectivity index (χ2v) is 7.84. The molecule has 0 heterocycles. The normalized spacial score (nSPS) is 32.5. The average Bonchev–Trinajstić information content (AvgIpc) is 2.56. The van der Waals surface area contributed by atoms with Crippen LogP contribution in [0.4, 0.5) is 0 Å². The summed E-state index contributed by atoms with van der Waals surface area (Å²) in [7, 11) is 0. The Morgan fingerprint density at radius 2 is 2.00 bits per heavy atom. The van der Waals surface area contributed by atoms with E-state index < -0.39 is 0 Å². The molecule has 0 saturated heterocycles. The molecular formula is C22H28O2. The van der Waals surface area contributed by atoms with Crippen molar-refractivity contribution in [3.8, 4) is 0 Å². The Bertz CT molecular complexity index is 658. The predicted molar refractivity (Wildman–Crippen MR) is 97.8 cm³/mol. The molecule has 2 aliphatic rings. The van der Waals surface area contributed by atoms with Crippen molar-refractivity contribution >= 4 is 5.97 Å². The molecule has 128 valence electrons. The van der Waals surface area contributed by atoms with E-state index in [1.165, 1.54) is 24.0 Å². The minimum absolute atomic E-state index is 0.0999. The highest BCUT2D eigenvalue weighted by molar-refractivity contribution is 5.89. The van der Waals surface area contributed by atoms with Gasteiger partial charge < -0.3 is 4.74 Å². The van der Waals surface area contributed by atoms with Gasteiger partial charge in [0.25, 0.3) is 0 Å². The number of carbonyl (C=O) groups excluding carboxylic acids is 1. The van der Waals surface area contributed by atoms with Gasteiger partial charge in [-0.05, 0) is 68.1 Å². The number of allylic oxidation sites excluding steroid dienone is 2. The zero-order valence-corrected chi connectivity index (χ0v) is 15.0. The van der Waals surface area contributed by atoms with Crippen molar-refractivity contribution in [3.63, 3.8) is 0 Å². The maximum Gasteiger partial charge on any atom is 0.338 e. The van der Waals surface area contributed by atoms with Crippen molar-refractivity contribution in [2.24, 2.45) is 17.3 Å². The maximum atomic E-state index is 12.3. The first-order chi connectivity index (χ1) is 11.4. The topological polar surface area (TPSA) is 26.3 Å². The Morgan fingerprint density at radius 1 is 1.29 bits per heavy atom. The smallest absolute Gasteiger partial charge is 0.338 e. The molecule has 0 spiro atoms. The molecule has 2 aliphatic carbocycles. The van der Waals surface area contributed by atoms with Crippen molar-refractivity contribution < 1.29 is 9.53 Å². The maximum absolute atomic E-state index is 12.3. The van der Waals surface area contributed by atoms with Crippen LogP contribution in [0, 0.1) is 17.3 Å². The number of esters is 1. The third kappa shape index (κ3) is 3.19. The van der Waals surface area contributed by atoms with Crippen molar-refractivity contribution in [2.75, 3.05) is 0 Å². The zero-order chi connectivity index (χ0) is 17.3. The number of fused-ring (bicyclic) bond motifs is 1. The first-order valence-corrected chi connectivity index (χ1v) is 9.02. The molecule has 0 amide bonds. The van der Waals surface area contributed by atoms with Gasteiger partial charge in [-0.25, -0.2) is 4.79 Å². The van der Waals surface area contributed by atoms with Gasteiger partial charge in [0.2, 0.25) is 0 Å². The molecule has 0 aromatic heterocycles. The number of carbonyl (C=O) groups is 1. The fraction of sp³-hybridized carbons (Fsp3) is 0.500. The second-order valence-electron chi connectivity index (χ2n) is 7.84. The van der Waals surface area contributed by atoms with Gasteiger partial charge in [0.1, 0.15) is 6.10 Å². The van der Waals surface area contributed by atoms with Crippen molar-refractivity contribution in [1.82, 2.24) is 0 Å². The third-order valence-electron chi connectivity index (χ3n) is 6.19. The Hall–Kier alpha value is -1.83. The first kappa shape index (κ1) is 17.0. The largest absolute Gasteiger partial charge is 0.455 e. The molecule has 0 aliphatic heterocycles. The van der Waals surface area contributed by atoms with Crippen LogP contribution in [0.25, 0.3) is 0 Å². The number of benzene rings is 1. The van der Waals surface area contributed by atoms with E-state index in [9.17, 15) is 4.79 Å². The summed E-state index contributed by atoms with van der Waals surface area (Å²) < 4.78 is 5.78. The molecule has 0 bridgehead atoms. The standard InChI is InChI=1S/C22H28O2/c1-15(2)18-10-11-19-13-20(12-16(3)22(19,4)14-18)24-21(23)17-8-6-5-7-9-17/h5-9,13,16,18,20H,1,10-12,14H2,2-4H3. The van der Waals surface area contributed by atoms with Crippen LogP contribution < -0.4 is 0 Å².